The Morgan fingerprint density at radius 2 is 1.60 bits per heavy atom. The molecule has 0 bridgehead atoms. The molecule has 0 radical (unpaired) electrons. The summed E-state index contributed by atoms with van der Waals surface area (Å²) in [4.78, 5) is 4.79. The molecule has 20 heavy (non-hydrogen) atoms. The van der Waals surface area contributed by atoms with Gasteiger partial charge in [-0.05, 0) is 24.6 Å². The molecule has 1 saturated heterocycles. The van der Waals surface area contributed by atoms with Crippen molar-refractivity contribution in [1.29, 1.82) is 0 Å². The normalized spacial score (nSPS) is 22.6. The van der Waals surface area contributed by atoms with Crippen molar-refractivity contribution in [2.75, 3.05) is 0 Å². The smallest absolute Gasteiger partial charge is 0.0815 e. The number of hydrogen-bond acceptors (Lipinski definition) is 2. The highest BCUT2D eigenvalue weighted by Crippen LogP contribution is 2.58. The molecule has 1 aliphatic heterocycles. The lowest BCUT2D eigenvalue weighted by atomic mass is 9.84. The van der Waals surface area contributed by atoms with Crippen LogP contribution in [0.2, 0.25) is 0 Å². The van der Waals surface area contributed by atoms with Crippen LogP contribution in [-0.4, -0.2) is 5.04 Å². The van der Waals surface area contributed by atoms with Gasteiger partial charge in [0.1, 0.15) is 0 Å². The molecule has 0 aromatic heterocycles. The first-order valence-corrected chi connectivity index (χ1v) is 7.83. The molecule has 0 N–H and O–H groups in total. The Morgan fingerprint density at radius 3 is 2.20 bits per heavy atom. The van der Waals surface area contributed by atoms with Gasteiger partial charge in [-0.2, -0.15) is 0 Å². The molecule has 0 spiro atoms. The first-order valence-electron chi connectivity index (χ1n) is 6.95. The molecule has 3 rings (SSSR count). The van der Waals surface area contributed by atoms with Crippen LogP contribution in [0.4, 0.5) is 5.69 Å². The topological polar surface area (TPSA) is 12.4 Å². The van der Waals surface area contributed by atoms with E-state index in [9.17, 15) is 0 Å². The largest absolute Gasteiger partial charge is 0.246 e. The van der Waals surface area contributed by atoms with Gasteiger partial charge in [0.25, 0.3) is 0 Å². The minimum Gasteiger partial charge on any atom is -0.246 e. The molecule has 2 heteroatoms. The van der Waals surface area contributed by atoms with Crippen LogP contribution in [0.15, 0.2) is 59.6 Å². The van der Waals surface area contributed by atoms with E-state index in [4.69, 9.17) is 4.99 Å². The maximum Gasteiger partial charge on any atom is 0.0815 e. The van der Waals surface area contributed by atoms with Crippen molar-refractivity contribution in [1.82, 2.24) is 0 Å². The fraction of sp³-hybridized carbons (Fsp3) is 0.278. The van der Waals surface area contributed by atoms with E-state index < -0.39 is 0 Å². The minimum absolute atomic E-state index is 0.121. The van der Waals surface area contributed by atoms with E-state index in [0.717, 1.165) is 5.69 Å². The van der Waals surface area contributed by atoms with E-state index >= 15 is 0 Å². The van der Waals surface area contributed by atoms with Gasteiger partial charge in [-0.15, -0.1) is 11.8 Å². The number of rotatable bonds is 2. The van der Waals surface area contributed by atoms with Gasteiger partial charge in [0.15, 0.2) is 0 Å². The third-order valence-corrected chi connectivity index (χ3v) is 5.74. The summed E-state index contributed by atoms with van der Waals surface area (Å²) in [5.41, 5.74) is 3.88. The van der Waals surface area contributed by atoms with E-state index in [1.165, 1.54) is 16.2 Å². The second-order valence-electron chi connectivity index (χ2n) is 5.88. The zero-order chi connectivity index (χ0) is 14.2. The average molecular weight is 281 g/mol. The van der Waals surface area contributed by atoms with Gasteiger partial charge in [-0.1, -0.05) is 61.9 Å². The van der Waals surface area contributed by atoms with Crippen molar-refractivity contribution in [3.63, 3.8) is 0 Å². The highest BCUT2D eigenvalue weighted by Gasteiger charge is 2.47. The van der Waals surface area contributed by atoms with E-state index in [1.807, 2.05) is 30.0 Å². The Morgan fingerprint density at radius 1 is 0.950 bits per heavy atom. The summed E-state index contributed by atoms with van der Waals surface area (Å²) in [6.45, 7) is 6.71. The number of aliphatic imine (C=N–C) groups is 1. The Hall–Kier alpha value is -1.54. The maximum atomic E-state index is 4.79. The van der Waals surface area contributed by atoms with Gasteiger partial charge in [0, 0.05) is 10.7 Å². The van der Waals surface area contributed by atoms with Gasteiger partial charge < -0.3 is 0 Å². The molecule has 1 nitrogen and oxygen atoms in total. The molecule has 2 aromatic carbocycles. The van der Waals surface area contributed by atoms with Gasteiger partial charge in [-0.25, -0.2) is 4.99 Å². The van der Waals surface area contributed by atoms with Gasteiger partial charge in [0.05, 0.1) is 10.7 Å². The van der Waals surface area contributed by atoms with Crippen LogP contribution in [0.1, 0.15) is 30.2 Å². The highest BCUT2D eigenvalue weighted by molar-refractivity contribution is 8.16. The monoisotopic (exact) mass is 281 g/mol. The molecule has 102 valence electrons. The lowest BCUT2D eigenvalue weighted by molar-refractivity contribution is 0.497. The summed E-state index contributed by atoms with van der Waals surface area (Å²) in [7, 11) is 0. The fourth-order valence-electron chi connectivity index (χ4n) is 2.48. The van der Waals surface area contributed by atoms with Crippen LogP contribution in [0.25, 0.3) is 0 Å². The average Bonchev–Trinajstić information content (AvgIpc) is 2.46. The first-order chi connectivity index (χ1) is 9.57. The van der Waals surface area contributed by atoms with Crippen molar-refractivity contribution < 1.29 is 0 Å². The van der Waals surface area contributed by atoms with Crippen molar-refractivity contribution in [3.05, 3.63) is 65.7 Å². The number of nitrogens with zero attached hydrogens (tertiary/aromatic N) is 1. The van der Waals surface area contributed by atoms with Gasteiger partial charge in [-0.3, -0.25) is 0 Å². The molecule has 1 aliphatic rings. The zero-order valence-corrected chi connectivity index (χ0v) is 12.9. The molecule has 1 fully saturated rings. The van der Waals surface area contributed by atoms with Crippen LogP contribution in [-0.2, 0) is 0 Å². The SMILES string of the molecule is Cc1ccc(C2SC(=Nc3ccccc3)C2(C)C)cc1. The van der Waals surface area contributed by atoms with E-state index in [1.54, 1.807) is 0 Å². The quantitative estimate of drug-likeness (QED) is 0.704. The summed E-state index contributed by atoms with van der Waals surface area (Å²) >= 11 is 1.88. The van der Waals surface area contributed by atoms with Gasteiger partial charge >= 0.3 is 0 Å². The molecule has 1 atom stereocenters. The lowest BCUT2D eigenvalue weighted by Crippen LogP contribution is -2.38. The second kappa shape index (κ2) is 5.10. The predicted octanol–water partition coefficient (Wildman–Crippen LogP) is 5.54. The van der Waals surface area contributed by atoms with Gasteiger partial charge in [0.2, 0.25) is 0 Å². The number of hydrogen-bond donors (Lipinski definition) is 0. The summed E-state index contributed by atoms with van der Waals surface area (Å²) < 4.78 is 0. The number of thioether (sulfide) groups is 1. The van der Waals surface area contributed by atoms with E-state index in [0.29, 0.717) is 5.25 Å². The Bertz CT molecular complexity index is 626. The summed E-state index contributed by atoms with van der Waals surface area (Å²) in [6.07, 6.45) is 0. The van der Waals surface area contributed by atoms with E-state index in [-0.39, 0.29) is 5.41 Å². The molecule has 0 amide bonds. The number of benzene rings is 2. The highest BCUT2D eigenvalue weighted by atomic mass is 32.2. The third-order valence-electron chi connectivity index (χ3n) is 3.80. The molecule has 1 unspecified atom stereocenters. The summed E-state index contributed by atoms with van der Waals surface area (Å²) in [5.74, 6) is 0. The van der Waals surface area contributed by atoms with Crippen LogP contribution < -0.4 is 0 Å². The molecule has 0 aliphatic carbocycles. The Kier molecular flexibility index (Phi) is 3.43. The van der Waals surface area contributed by atoms with Crippen molar-refractivity contribution in [2.45, 2.75) is 26.0 Å². The van der Waals surface area contributed by atoms with Crippen LogP contribution in [0.5, 0.6) is 0 Å². The summed E-state index contributed by atoms with van der Waals surface area (Å²) in [5, 5.41) is 1.74. The molecule has 2 aromatic rings. The molecular formula is C18H19NS. The molecule has 1 heterocycles. The number of aryl methyl sites for hydroxylation is 1. The van der Waals surface area contributed by atoms with Crippen molar-refractivity contribution in [3.8, 4) is 0 Å². The Balaban J connectivity index is 1.84. The Labute approximate surface area is 125 Å². The fourth-order valence-corrected chi connectivity index (χ4v) is 3.80. The second-order valence-corrected chi connectivity index (χ2v) is 6.98. The lowest BCUT2D eigenvalue weighted by Gasteiger charge is -2.45. The molecular weight excluding hydrogens is 262 g/mol. The first kappa shape index (κ1) is 13.4. The standard InChI is InChI=1S/C18H19NS/c1-13-9-11-14(12-10-13)16-18(2,3)17(20-16)19-15-7-5-4-6-8-15/h4-12,16H,1-3H3. The van der Waals surface area contributed by atoms with Crippen LogP contribution >= 0.6 is 11.8 Å². The van der Waals surface area contributed by atoms with Crippen LogP contribution in [0, 0.1) is 12.3 Å². The molecule has 0 saturated carbocycles. The maximum absolute atomic E-state index is 4.79. The minimum atomic E-state index is 0.121. The van der Waals surface area contributed by atoms with Crippen LogP contribution in [0.3, 0.4) is 0 Å². The zero-order valence-electron chi connectivity index (χ0n) is 12.1. The summed E-state index contributed by atoms with van der Waals surface area (Å²) in [6, 6.07) is 19.1. The van der Waals surface area contributed by atoms with E-state index in [2.05, 4.69) is 57.2 Å². The third kappa shape index (κ3) is 2.40. The number of para-hydroxylation sites is 1. The van der Waals surface area contributed by atoms with Crippen molar-refractivity contribution >= 4 is 22.5 Å². The predicted molar refractivity (Wildman–Crippen MR) is 88.8 cm³/mol. The van der Waals surface area contributed by atoms with Crippen molar-refractivity contribution in [2.24, 2.45) is 10.4 Å².